The third kappa shape index (κ3) is 2.95. The molecule has 1 aliphatic heterocycles. The van der Waals surface area contributed by atoms with Crippen LogP contribution in [0.5, 0.6) is 11.5 Å². The molecule has 0 spiro atoms. The van der Waals surface area contributed by atoms with Crippen molar-refractivity contribution in [2.45, 2.75) is 25.5 Å². The SMILES string of the molecule is CCC(C#N)N1CC(c2ccccc2)Oc2ccc(OC)cc21. The van der Waals surface area contributed by atoms with Gasteiger partial charge in [-0.05, 0) is 24.1 Å². The molecule has 0 amide bonds. The van der Waals surface area contributed by atoms with Crippen molar-refractivity contribution in [3.05, 3.63) is 54.1 Å². The molecular formula is C19H20N2O2. The number of nitriles is 1. The van der Waals surface area contributed by atoms with Crippen LogP contribution in [0.25, 0.3) is 0 Å². The fourth-order valence-electron chi connectivity index (χ4n) is 2.93. The summed E-state index contributed by atoms with van der Waals surface area (Å²) in [5.74, 6) is 1.56. The van der Waals surface area contributed by atoms with Gasteiger partial charge in [0.25, 0.3) is 0 Å². The largest absolute Gasteiger partial charge is 0.497 e. The lowest BCUT2D eigenvalue weighted by Crippen LogP contribution is -2.41. The Balaban J connectivity index is 2.02. The second-order valence-electron chi connectivity index (χ2n) is 5.56. The lowest BCUT2D eigenvalue weighted by Gasteiger charge is -2.38. The van der Waals surface area contributed by atoms with Gasteiger partial charge in [-0.3, -0.25) is 0 Å². The predicted octanol–water partition coefficient (Wildman–Crippen LogP) is 3.94. The predicted molar refractivity (Wildman–Crippen MR) is 89.8 cm³/mol. The van der Waals surface area contributed by atoms with Gasteiger partial charge in [-0.25, -0.2) is 0 Å². The van der Waals surface area contributed by atoms with Gasteiger partial charge in [-0.1, -0.05) is 37.3 Å². The molecule has 0 N–H and O–H groups in total. The number of benzene rings is 2. The summed E-state index contributed by atoms with van der Waals surface area (Å²) in [6.07, 6.45) is 0.675. The molecule has 0 aromatic heterocycles. The van der Waals surface area contributed by atoms with Crippen molar-refractivity contribution in [1.29, 1.82) is 5.26 Å². The van der Waals surface area contributed by atoms with E-state index < -0.39 is 0 Å². The zero-order valence-electron chi connectivity index (χ0n) is 13.4. The van der Waals surface area contributed by atoms with Crippen molar-refractivity contribution in [1.82, 2.24) is 0 Å². The quantitative estimate of drug-likeness (QED) is 0.858. The summed E-state index contributed by atoms with van der Waals surface area (Å²) in [5.41, 5.74) is 2.04. The highest BCUT2D eigenvalue weighted by Crippen LogP contribution is 2.41. The van der Waals surface area contributed by atoms with E-state index in [0.29, 0.717) is 6.54 Å². The van der Waals surface area contributed by atoms with E-state index in [9.17, 15) is 5.26 Å². The summed E-state index contributed by atoms with van der Waals surface area (Å²) in [4.78, 5) is 2.12. The van der Waals surface area contributed by atoms with E-state index in [0.717, 1.165) is 29.2 Å². The van der Waals surface area contributed by atoms with Gasteiger partial charge in [-0.15, -0.1) is 0 Å². The first kappa shape index (κ1) is 15.2. The van der Waals surface area contributed by atoms with Crippen LogP contribution in [-0.2, 0) is 0 Å². The Morgan fingerprint density at radius 1 is 1.30 bits per heavy atom. The van der Waals surface area contributed by atoms with Crippen LogP contribution in [-0.4, -0.2) is 19.7 Å². The highest BCUT2D eigenvalue weighted by Gasteiger charge is 2.31. The molecule has 2 unspecified atom stereocenters. The van der Waals surface area contributed by atoms with Gasteiger partial charge in [0.1, 0.15) is 23.6 Å². The molecule has 0 bridgehead atoms. The van der Waals surface area contributed by atoms with E-state index in [2.05, 4.69) is 23.1 Å². The molecule has 3 rings (SSSR count). The molecule has 0 saturated carbocycles. The molecule has 2 aromatic rings. The standard InChI is InChI=1S/C19H20N2O2/c1-3-15(12-20)21-13-19(14-7-5-4-6-8-14)23-18-10-9-16(22-2)11-17(18)21/h4-11,15,19H,3,13H2,1-2H3. The Bertz CT molecular complexity index is 709. The molecule has 1 heterocycles. The number of hydrogen-bond acceptors (Lipinski definition) is 4. The monoisotopic (exact) mass is 308 g/mol. The van der Waals surface area contributed by atoms with E-state index in [1.165, 1.54) is 0 Å². The van der Waals surface area contributed by atoms with Gasteiger partial charge in [0, 0.05) is 6.07 Å². The Labute approximate surface area is 136 Å². The molecule has 118 valence electrons. The molecule has 23 heavy (non-hydrogen) atoms. The van der Waals surface area contributed by atoms with E-state index in [4.69, 9.17) is 9.47 Å². The number of rotatable bonds is 4. The second-order valence-corrected chi connectivity index (χ2v) is 5.56. The number of hydrogen-bond donors (Lipinski definition) is 0. The van der Waals surface area contributed by atoms with Crippen molar-refractivity contribution in [2.75, 3.05) is 18.6 Å². The summed E-state index contributed by atoms with van der Waals surface area (Å²) < 4.78 is 11.5. The lowest BCUT2D eigenvalue weighted by atomic mass is 10.0. The third-order valence-corrected chi connectivity index (χ3v) is 4.19. The van der Waals surface area contributed by atoms with Crippen LogP contribution >= 0.6 is 0 Å². The van der Waals surface area contributed by atoms with Crippen molar-refractivity contribution >= 4 is 5.69 Å². The van der Waals surface area contributed by atoms with Crippen LogP contribution in [0.3, 0.4) is 0 Å². The first-order valence-electron chi connectivity index (χ1n) is 7.82. The Hall–Kier alpha value is -2.67. The molecule has 2 atom stereocenters. The maximum Gasteiger partial charge on any atom is 0.143 e. The fraction of sp³-hybridized carbons (Fsp3) is 0.316. The molecule has 0 saturated heterocycles. The average molecular weight is 308 g/mol. The first-order valence-corrected chi connectivity index (χ1v) is 7.82. The fourth-order valence-corrected chi connectivity index (χ4v) is 2.93. The van der Waals surface area contributed by atoms with E-state index in [1.54, 1.807) is 7.11 Å². The topological polar surface area (TPSA) is 45.5 Å². The Kier molecular flexibility index (Phi) is 4.38. The normalized spacial score (nSPS) is 17.6. The molecule has 0 aliphatic carbocycles. The minimum atomic E-state index is -0.184. The number of nitrogens with zero attached hydrogens (tertiary/aromatic N) is 2. The second kappa shape index (κ2) is 6.62. The smallest absolute Gasteiger partial charge is 0.143 e. The van der Waals surface area contributed by atoms with Crippen molar-refractivity contribution in [2.24, 2.45) is 0 Å². The van der Waals surface area contributed by atoms with Crippen molar-refractivity contribution in [3.8, 4) is 17.6 Å². The molecule has 1 aliphatic rings. The lowest BCUT2D eigenvalue weighted by molar-refractivity contribution is 0.194. The van der Waals surface area contributed by atoms with Crippen LogP contribution in [0.15, 0.2) is 48.5 Å². The minimum Gasteiger partial charge on any atom is -0.497 e. The molecule has 2 aromatic carbocycles. The van der Waals surface area contributed by atoms with Crippen LogP contribution in [0, 0.1) is 11.3 Å². The summed E-state index contributed by atoms with van der Waals surface area (Å²) in [6.45, 7) is 2.68. The zero-order valence-corrected chi connectivity index (χ0v) is 13.4. The highest BCUT2D eigenvalue weighted by molar-refractivity contribution is 5.64. The van der Waals surface area contributed by atoms with E-state index >= 15 is 0 Å². The zero-order chi connectivity index (χ0) is 16.2. The van der Waals surface area contributed by atoms with E-state index in [-0.39, 0.29) is 12.1 Å². The highest BCUT2D eigenvalue weighted by atomic mass is 16.5. The van der Waals surface area contributed by atoms with E-state index in [1.807, 2.05) is 43.3 Å². The Morgan fingerprint density at radius 2 is 2.09 bits per heavy atom. The number of fused-ring (bicyclic) bond motifs is 1. The third-order valence-electron chi connectivity index (χ3n) is 4.19. The van der Waals surface area contributed by atoms with Crippen molar-refractivity contribution < 1.29 is 9.47 Å². The van der Waals surface area contributed by atoms with Gasteiger partial charge in [0.05, 0.1) is 25.4 Å². The van der Waals surface area contributed by atoms with Crippen LogP contribution in [0.2, 0.25) is 0 Å². The number of methoxy groups -OCH3 is 1. The average Bonchev–Trinajstić information content (AvgIpc) is 2.62. The van der Waals surface area contributed by atoms with Crippen molar-refractivity contribution in [3.63, 3.8) is 0 Å². The maximum atomic E-state index is 9.52. The van der Waals surface area contributed by atoms with Crippen LogP contribution in [0.4, 0.5) is 5.69 Å². The molecule has 0 fully saturated rings. The van der Waals surface area contributed by atoms with Gasteiger partial charge >= 0.3 is 0 Å². The number of ether oxygens (including phenoxy) is 2. The summed E-state index contributed by atoms with van der Waals surface area (Å²) >= 11 is 0. The van der Waals surface area contributed by atoms with Gasteiger partial charge < -0.3 is 14.4 Å². The van der Waals surface area contributed by atoms with Gasteiger partial charge in [-0.2, -0.15) is 5.26 Å². The molecular weight excluding hydrogens is 288 g/mol. The maximum absolute atomic E-state index is 9.52. The summed E-state index contributed by atoms with van der Waals surface area (Å²) in [6, 6.07) is 18.1. The van der Waals surface area contributed by atoms with Crippen LogP contribution in [0.1, 0.15) is 25.0 Å². The van der Waals surface area contributed by atoms with Gasteiger partial charge in [0.15, 0.2) is 0 Å². The minimum absolute atomic E-state index is 0.0838. The molecule has 4 nitrogen and oxygen atoms in total. The number of anilines is 1. The Morgan fingerprint density at radius 3 is 2.74 bits per heavy atom. The molecule has 0 radical (unpaired) electrons. The summed E-state index contributed by atoms with van der Waals surface area (Å²) in [7, 11) is 1.64. The molecule has 4 heteroatoms. The van der Waals surface area contributed by atoms with Crippen LogP contribution < -0.4 is 14.4 Å². The first-order chi connectivity index (χ1) is 11.3. The van der Waals surface area contributed by atoms with Gasteiger partial charge in [0.2, 0.25) is 0 Å². The summed E-state index contributed by atoms with van der Waals surface area (Å²) in [5, 5.41) is 9.52.